The van der Waals surface area contributed by atoms with Crippen molar-refractivity contribution in [3.63, 3.8) is 0 Å². The van der Waals surface area contributed by atoms with Crippen LogP contribution in [0, 0.1) is 0 Å². The number of carbonyl (C=O) groups excluding carboxylic acids is 2. The van der Waals surface area contributed by atoms with E-state index in [4.69, 9.17) is 5.73 Å². The van der Waals surface area contributed by atoms with E-state index in [2.05, 4.69) is 5.32 Å². The van der Waals surface area contributed by atoms with Gasteiger partial charge in [0.15, 0.2) is 0 Å². The summed E-state index contributed by atoms with van der Waals surface area (Å²) in [7, 11) is 3.46. The normalized spacial score (nSPS) is 11.2. The van der Waals surface area contributed by atoms with E-state index in [1.807, 2.05) is 31.2 Å². The molecule has 2 amide bonds. The second-order valence-electron chi connectivity index (χ2n) is 5.23. The van der Waals surface area contributed by atoms with Crippen LogP contribution in [-0.4, -0.2) is 36.9 Å². The summed E-state index contributed by atoms with van der Waals surface area (Å²) >= 11 is 0. The van der Waals surface area contributed by atoms with Crippen LogP contribution in [0.4, 0.5) is 5.69 Å². The third-order valence-electron chi connectivity index (χ3n) is 2.92. The van der Waals surface area contributed by atoms with Crippen molar-refractivity contribution in [3.8, 4) is 0 Å². The van der Waals surface area contributed by atoms with Gasteiger partial charge >= 0.3 is 0 Å². The highest BCUT2D eigenvalue weighted by atomic mass is 35.5. The Balaban J connectivity index is 0.00000400. The van der Waals surface area contributed by atoms with Gasteiger partial charge in [0.2, 0.25) is 11.8 Å². The predicted molar refractivity (Wildman–Crippen MR) is 87.6 cm³/mol. The zero-order valence-corrected chi connectivity index (χ0v) is 13.6. The van der Waals surface area contributed by atoms with Gasteiger partial charge in [-0.05, 0) is 31.0 Å². The number of halogens is 1. The fourth-order valence-corrected chi connectivity index (χ4v) is 1.62. The third-order valence-corrected chi connectivity index (χ3v) is 2.92. The molecule has 0 aliphatic carbocycles. The SMILES string of the molecule is CC(N)CCC(=O)Nc1ccc(CC(=O)N(C)C)cc1.Cl. The molecule has 0 spiro atoms. The molecule has 1 aromatic carbocycles. The Kier molecular flexibility index (Phi) is 8.66. The first-order valence-corrected chi connectivity index (χ1v) is 6.73. The molecule has 5 nitrogen and oxygen atoms in total. The molecule has 0 heterocycles. The number of hydrogen-bond acceptors (Lipinski definition) is 3. The smallest absolute Gasteiger partial charge is 0.226 e. The number of nitrogens with zero attached hydrogens (tertiary/aromatic N) is 1. The molecule has 0 aromatic heterocycles. The fourth-order valence-electron chi connectivity index (χ4n) is 1.62. The molecule has 1 atom stereocenters. The van der Waals surface area contributed by atoms with Crippen LogP contribution in [0.3, 0.4) is 0 Å². The Bertz CT molecular complexity index is 458. The highest BCUT2D eigenvalue weighted by Crippen LogP contribution is 2.11. The molecule has 0 aliphatic heterocycles. The van der Waals surface area contributed by atoms with Crippen LogP contribution in [-0.2, 0) is 16.0 Å². The van der Waals surface area contributed by atoms with Gasteiger partial charge in [-0.3, -0.25) is 9.59 Å². The molecule has 0 saturated heterocycles. The summed E-state index contributed by atoms with van der Waals surface area (Å²) in [6.45, 7) is 1.88. The fraction of sp³-hybridized carbons (Fsp3) is 0.467. The van der Waals surface area contributed by atoms with Crippen LogP contribution in [0.2, 0.25) is 0 Å². The number of benzene rings is 1. The van der Waals surface area contributed by atoms with Gasteiger partial charge in [0.25, 0.3) is 0 Å². The van der Waals surface area contributed by atoms with Crippen LogP contribution in [0.1, 0.15) is 25.3 Å². The van der Waals surface area contributed by atoms with Crippen molar-refractivity contribution in [2.75, 3.05) is 19.4 Å². The molecular formula is C15H24ClN3O2. The van der Waals surface area contributed by atoms with Gasteiger partial charge in [-0.2, -0.15) is 0 Å². The van der Waals surface area contributed by atoms with Crippen LogP contribution >= 0.6 is 12.4 Å². The quantitative estimate of drug-likeness (QED) is 0.841. The predicted octanol–water partition coefficient (Wildman–Crippen LogP) is 1.81. The molecule has 0 bridgehead atoms. The van der Waals surface area contributed by atoms with E-state index in [0.717, 1.165) is 11.3 Å². The molecule has 1 aromatic rings. The molecule has 0 fully saturated rings. The standard InChI is InChI=1S/C15H23N3O2.ClH/c1-11(16)4-9-14(19)17-13-7-5-12(6-8-13)10-15(20)18(2)3;/h5-8,11H,4,9-10,16H2,1-3H3,(H,17,19);1H. The number of amides is 2. The van der Waals surface area contributed by atoms with Crippen molar-refractivity contribution < 1.29 is 9.59 Å². The highest BCUT2D eigenvalue weighted by Gasteiger charge is 2.07. The average molecular weight is 314 g/mol. The number of likely N-dealkylation sites (N-methyl/N-ethyl adjacent to an activating group) is 1. The lowest BCUT2D eigenvalue weighted by Crippen LogP contribution is -2.23. The number of anilines is 1. The molecule has 3 N–H and O–H groups in total. The maximum atomic E-state index is 11.6. The second-order valence-corrected chi connectivity index (χ2v) is 5.23. The summed E-state index contributed by atoms with van der Waals surface area (Å²) < 4.78 is 0. The van der Waals surface area contributed by atoms with E-state index in [-0.39, 0.29) is 30.3 Å². The number of hydrogen-bond donors (Lipinski definition) is 2. The molecule has 118 valence electrons. The minimum atomic E-state index is -0.0422. The van der Waals surface area contributed by atoms with Gasteiger partial charge in [0, 0.05) is 32.2 Å². The summed E-state index contributed by atoms with van der Waals surface area (Å²) in [4.78, 5) is 24.8. The minimum Gasteiger partial charge on any atom is -0.349 e. The Labute approximate surface area is 132 Å². The molecule has 1 rings (SSSR count). The average Bonchev–Trinajstić information content (AvgIpc) is 2.38. The molecule has 0 saturated carbocycles. The Hall–Kier alpha value is -1.59. The lowest BCUT2D eigenvalue weighted by molar-refractivity contribution is -0.128. The first kappa shape index (κ1) is 19.4. The van der Waals surface area contributed by atoms with Crippen molar-refractivity contribution in [1.29, 1.82) is 0 Å². The van der Waals surface area contributed by atoms with E-state index in [9.17, 15) is 9.59 Å². The lowest BCUT2D eigenvalue weighted by Gasteiger charge is -2.11. The first-order chi connectivity index (χ1) is 9.38. The third kappa shape index (κ3) is 7.68. The largest absolute Gasteiger partial charge is 0.349 e. The first-order valence-electron chi connectivity index (χ1n) is 6.73. The van der Waals surface area contributed by atoms with Crippen molar-refractivity contribution in [1.82, 2.24) is 4.90 Å². The summed E-state index contributed by atoms with van der Waals surface area (Å²) in [5.41, 5.74) is 7.27. The topological polar surface area (TPSA) is 75.4 Å². The van der Waals surface area contributed by atoms with Gasteiger partial charge in [-0.25, -0.2) is 0 Å². The van der Waals surface area contributed by atoms with E-state index in [1.165, 1.54) is 0 Å². The summed E-state index contributed by atoms with van der Waals surface area (Å²) in [6.07, 6.45) is 1.45. The summed E-state index contributed by atoms with van der Waals surface area (Å²) in [6, 6.07) is 7.34. The van der Waals surface area contributed by atoms with Crippen molar-refractivity contribution in [2.24, 2.45) is 5.73 Å². The zero-order chi connectivity index (χ0) is 15.1. The lowest BCUT2D eigenvalue weighted by atomic mass is 10.1. The van der Waals surface area contributed by atoms with Gasteiger partial charge in [-0.1, -0.05) is 12.1 Å². The van der Waals surface area contributed by atoms with Gasteiger partial charge in [0.1, 0.15) is 0 Å². The van der Waals surface area contributed by atoms with Gasteiger partial charge < -0.3 is 16.0 Å². The van der Waals surface area contributed by atoms with Crippen LogP contribution in [0.15, 0.2) is 24.3 Å². The Morgan fingerprint density at radius 1 is 1.24 bits per heavy atom. The molecular weight excluding hydrogens is 290 g/mol. The van der Waals surface area contributed by atoms with Crippen molar-refractivity contribution in [3.05, 3.63) is 29.8 Å². The molecule has 21 heavy (non-hydrogen) atoms. The summed E-state index contributed by atoms with van der Waals surface area (Å²) in [5, 5.41) is 2.81. The second kappa shape index (κ2) is 9.37. The highest BCUT2D eigenvalue weighted by molar-refractivity contribution is 5.90. The van der Waals surface area contributed by atoms with E-state index >= 15 is 0 Å². The maximum Gasteiger partial charge on any atom is 0.226 e. The van der Waals surface area contributed by atoms with Gasteiger partial charge in [-0.15, -0.1) is 12.4 Å². The van der Waals surface area contributed by atoms with Crippen molar-refractivity contribution >= 4 is 29.9 Å². The Morgan fingerprint density at radius 3 is 2.29 bits per heavy atom. The van der Waals surface area contributed by atoms with Crippen LogP contribution in [0.25, 0.3) is 0 Å². The number of rotatable bonds is 6. The molecule has 1 unspecified atom stereocenters. The number of carbonyl (C=O) groups is 2. The monoisotopic (exact) mass is 313 g/mol. The molecule has 0 aliphatic rings. The molecule has 6 heteroatoms. The van der Waals surface area contributed by atoms with Crippen LogP contribution < -0.4 is 11.1 Å². The van der Waals surface area contributed by atoms with E-state index in [1.54, 1.807) is 19.0 Å². The van der Waals surface area contributed by atoms with Crippen LogP contribution in [0.5, 0.6) is 0 Å². The van der Waals surface area contributed by atoms with E-state index < -0.39 is 0 Å². The number of nitrogens with one attached hydrogen (secondary N) is 1. The zero-order valence-electron chi connectivity index (χ0n) is 12.8. The van der Waals surface area contributed by atoms with Crippen molar-refractivity contribution in [2.45, 2.75) is 32.2 Å². The summed E-state index contributed by atoms with van der Waals surface area (Å²) in [5.74, 6) is 0.0122. The minimum absolute atomic E-state index is 0. The Morgan fingerprint density at radius 2 is 1.81 bits per heavy atom. The van der Waals surface area contributed by atoms with E-state index in [0.29, 0.717) is 19.3 Å². The van der Waals surface area contributed by atoms with Gasteiger partial charge in [0.05, 0.1) is 6.42 Å². The number of nitrogens with two attached hydrogens (primary N) is 1. The molecule has 0 radical (unpaired) electrons. The maximum absolute atomic E-state index is 11.6.